The molecule has 0 aliphatic carbocycles. The highest BCUT2D eigenvalue weighted by Gasteiger charge is 2.38. The fraction of sp³-hybridized carbons (Fsp3) is 0. The first-order valence-corrected chi connectivity index (χ1v) is 17.3. The van der Waals surface area contributed by atoms with Gasteiger partial charge in [-0.2, -0.15) is 0 Å². The van der Waals surface area contributed by atoms with E-state index >= 15 is 0 Å². The Morgan fingerprint density at radius 2 is 0.390 bits per heavy atom. The van der Waals surface area contributed by atoms with Crippen molar-refractivity contribution in [1.82, 2.24) is 4.21 Å². The first kappa shape index (κ1) is 29.4. The minimum Gasteiger partial charge on any atom is -0.213 e. The van der Waals surface area contributed by atoms with E-state index in [1.165, 1.54) is 31.8 Å². The van der Waals surface area contributed by atoms with Gasteiger partial charge < -0.3 is 0 Å². The number of halogens is 1. The van der Waals surface area contributed by atoms with Crippen LogP contribution < -0.4 is 31.8 Å². The highest BCUT2D eigenvalue weighted by molar-refractivity contribution is 7.97. The molecule has 41 heavy (non-hydrogen) atoms. The predicted molar refractivity (Wildman–Crippen MR) is 186 cm³/mol. The molecule has 0 N–H and O–H groups in total. The molecule has 0 atom stereocenters. The number of nitrogens with zero attached hydrogens (tertiary/aromatic N) is 1. The summed E-state index contributed by atoms with van der Waals surface area (Å²) in [6.45, 7) is 0. The highest BCUT2D eigenvalue weighted by atomic mass is 35.5. The Balaban J connectivity index is 0.00000337. The monoisotopic (exact) mass is 605 g/mol. The van der Waals surface area contributed by atoms with E-state index in [1.54, 1.807) is 0 Å². The lowest BCUT2D eigenvalue weighted by Gasteiger charge is -2.44. The smallest absolute Gasteiger partial charge is 0.0367 e. The summed E-state index contributed by atoms with van der Waals surface area (Å²) >= 11 is 0. The predicted octanol–water partition coefficient (Wildman–Crippen LogP) is 7.85. The van der Waals surface area contributed by atoms with Crippen molar-refractivity contribution in [2.75, 3.05) is 0 Å². The Morgan fingerprint density at radius 3 is 0.537 bits per heavy atom. The van der Waals surface area contributed by atoms with Crippen LogP contribution >= 0.6 is 36.6 Å². The standard InChI is InChI=1S/C36H30NP3.ClH/c1-7-19-31(20-8-1)38(32-21-9-2-10-22-32)37(39(33-23-11-3-12-24-33)34-25-13-4-14-26-34)40(35-27-15-5-16-28-35)36-29-17-6-18-30-36;/h1-30H;1H. The molecule has 0 bridgehead atoms. The Morgan fingerprint density at radius 1 is 0.244 bits per heavy atom. The quantitative estimate of drug-likeness (QED) is 0.152. The molecule has 6 rings (SSSR count). The SMILES string of the molecule is Cl.c1ccc(P(c2ccccc2)N(P(c2ccccc2)c2ccccc2)P(c2ccccc2)c2ccccc2)cc1. The summed E-state index contributed by atoms with van der Waals surface area (Å²) in [5.74, 6) is 0. The van der Waals surface area contributed by atoms with E-state index in [0.717, 1.165) is 0 Å². The van der Waals surface area contributed by atoms with Crippen LogP contribution in [0.3, 0.4) is 0 Å². The third-order valence-corrected chi connectivity index (χ3v) is 15.6. The van der Waals surface area contributed by atoms with Crippen LogP contribution in [-0.2, 0) is 0 Å². The molecule has 0 unspecified atom stereocenters. The Kier molecular flexibility index (Phi) is 10.5. The summed E-state index contributed by atoms with van der Waals surface area (Å²) in [4.78, 5) is 0. The van der Waals surface area contributed by atoms with Crippen molar-refractivity contribution in [3.63, 3.8) is 0 Å². The van der Waals surface area contributed by atoms with Gasteiger partial charge in [-0.1, -0.05) is 182 Å². The lowest BCUT2D eigenvalue weighted by atomic mass is 10.4. The molecular weight excluding hydrogens is 575 g/mol. The Bertz CT molecular complexity index is 1270. The van der Waals surface area contributed by atoms with Gasteiger partial charge in [-0.05, 0) is 31.8 Å². The van der Waals surface area contributed by atoms with E-state index in [2.05, 4.69) is 186 Å². The maximum absolute atomic E-state index is 2.92. The molecule has 1 nitrogen and oxygen atoms in total. The molecule has 0 aliphatic rings. The normalized spacial score (nSPS) is 11.1. The summed E-state index contributed by atoms with van der Waals surface area (Å²) in [7, 11) is -2.69. The van der Waals surface area contributed by atoms with Crippen LogP contribution in [0, 0.1) is 0 Å². The van der Waals surface area contributed by atoms with Gasteiger partial charge in [0.25, 0.3) is 0 Å². The van der Waals surface area contributed by atoms with Crippen molar-refractivity contribution in [2.24, 2.45) is 0 Å². The second kappa shape index (κ2) is 14.7. The highest BCUT2D eigenvalue weighted by Crippen LogP contribution is 2.66. The van der Waals surface area contributed by atoms with E-state index in [4.69, 9.17) is 0 Å². The third-order valence-electron chi connectivity index (χ3n) is 6.54. The summed E-state index contributed by atoms with van der Waals surface area (Å²) in [6.07, 6.45) is 0. The zero-order valence-electron chi connectivity index (χ0n) is 22.5. The average molecular weight is 606 g/mol. The first-order valence-electron chi connectivity index (χ1n) is 13.4. The molecule has 0 spiro atoms. The zero-order valence-corrected chi connectivity index (χ0v) is 26.0. The van der Waals surface area contributed by atoms with Crippen LogP contribution in [0.2, 0.25) is 0 Å². The topological polar surface area (TPSA) is 3.24 Å². The Labute approximate surface area is 253 Å². The fourth-order valence-corrected chi connectivity index (χ4v) is 15.5. The summed E-state index contributed by atoms with van der Waals surface area (Å²) < 4.78 is 2.92. The number of benzene rings is 6. The van der Waals surface area contributed by atoms with E-state index in [0.29, 0.717) is 0 Å². The molecule has 6 aromatic carbocycles. The average Bonchev–Trinajstić information content (AvgIpc) is 3.04. The molecule has 202 valence electrons. The van der Waals surface area contributed by atoms with Crippen molar-refractivity contribution < 1.29 is 0 Å². The molecule has 0 saturated heterocycles. The maximum Gasteiger partial charge on any atom is 0.0367 e. The van der Waals surface area contributed by atoms with Crippen molar-refractivity contribution in [3.05, 3.63) is 182 Å². The lowest BCUT2D eigenvalue weighted by molar-refractivity contribution is 1.21. The summed E-state index contributed by atoms with van der Waals surface area (Å²) in [5, 5.41) is 8.18. The third kappa shape index (κ3) is 6.85. The molecule has 5 heteroatoms. The summed E-state index contributed by atoms with van der Waals surface area (Å²) in [6, 6.07) is 66.8. The summed E-state index contributed by atoms with van der Waals surface area (Å²) in [5.41, 5.74) is 0. The molecule has 0 aliphatic heterocycles. The molecular formula is C36H31ClNP3. The second-order valence-electron chi connectivity index (χ2n) is 9.22. The molecule has 0 saturated carbocycles. The fourth-order valence-electron chi connectivity index (χ4n) is 4.75. The molecule has 0 aromatic heterocycles. The maximum atomic E-state index is 2.92. The largest absolute Gasteiger partial charge is 0.213 e. The van der Waals surface area contributed by atoms with Gasteiger partial charge in [-0.25, -0.2) is 4.21 Å². The van der Waals surface area contributed by atoms with Gasteiger partial charge in [0.1, 0.15) is 0 Å². The van der Waals surface area contributed by atoms with Crippen molar-refractivity contribution in [1.29, 1.82) is 0 Å². The lowest BCUT2D eigenvalue weighted by Crippen LogP contribution is -2.33. The van der Waals surface area contributed by atoms with Gasteiger partial charge in [0, 0.05) is 24.2 Å². The van der Waals surface area contributed by atoms with Gasteiger partial charge in [0.05, 0.1) is 0 Å². The van der Waals surface area contributed by atoms with Crippen molar-refractivity contribution >= 4 is 68.5 Å². The second-order valence-corrected chi connectivity index (χ2v) is 16.3. The van der Waals surface area contributed by atoms with E-state index in [9.17, 15) is 0 Å². The van der Waals surface area contributed by atoms with E-state index < -0.39 is 24.2 Å². The van der Waals surface area contributed by atoms with Crippen LogP contribution in [0.15, 0.2) is 182 Å². The molecule has 6 aromatic rings. The van der Waals surface area contributed by atoms with Crippen LogP contribution in [-0.4, -0.2) is 4.21 Å². The van der Waals surface area contributed by atoms with Gasteiger partial charge in [-0.3, -0.25) is 0 Å². The molecule has 0 radical (unpaired) electrons. The van der Waals surface area contributed by atoms with E-state index in [1.807, 2.05) is 0 Å². The van der Waals surface area contributed by atoms with Gasteiger partial charge >= 0.3 is 0 Å². The van der Waals surface area contributed by atoms with Crippen LogP contribution in [0.1, 0.15) is 0 Å². The Hall–Kier alpha value is -3.14. The van der Waals surface area contributed by atoms with Gasteiger partial charge in [0.2, 0.25) is 0 Å². The van der Waals surface area contributed by atoms with Crippen molar-refractivity contribution in [3.8, 4) is 0 Å². The van der Waals surface area contributed by atoms with Gasteiger partial charge in [-0.15, -0.1) is 12.4 Å². The first-order chi connectivity index (χ1) is 19.9. The van der Waals surface area contributed by atoms with Gasteiger partial charge in [0.15, 0.2) is 0 Å². The van der Waals surface area contributed by atoms with Crippen LogP contribution in [0.25, 0.3) is 0 Å². The molecule has 0 amide bonds. The molecule has 0 fully saturated rings. The zero-order chi connectivity index (χ0) is 27.0. The van der Waals surface area contributed by atoms with Crippen molar-refractivity contribution in [2.45, 2.75) is 0 Å². The molecule has 0 heterocycles. The number of hydrogen-bond acceptors (Lipinski definition) is 1. The minimum atomic E-state index is -0.897. The number of rotatable bonds is 9. The minimum absolute atomic E-state index is 0. The van der Waals surface area contributed by atoms with Crippen LogP contribution in [0.5, 0.6) is 0 Å². The van der Waals surface area contributed by atoms with Crippen LogP contribution in [0.4, 0.5) is 0 Å². The van der Waals surface area contributed by atoms with E-state index in [-0.39, 0.29) is 12.4 Å². The number of hydrogen-bond donors (Lipinski definition) is 0.